The maximum atomic E-state index is 13.1. The molecule has 0 aliphatic rings. The molecular weight excluding hydrogens is 424 g/mol. The lowest BCUT2D eigenvalue weighted by Gasteiger charge is -2.10. The van der Waals surface area contributed by atoms with Crippen LogP contribution in [0.2, 0.25) is 5.15 Å². The molecular formula is C21H17ClN4O3S. The molecule has 0 saturated heterocycles. The van der Waals surface area contributed by atoms with Crippen LogP contribution in [-0.2, 0) is 9.84 Å². The Kier molecular flexibility index (Phi) is 5.43. The summed E-state index contributed by atoms with van der Waals surface area (Å²) in [6.45, 7) is 0. The summed E-state index contributed by atoms with van der Waals surface area (Å²) in [5.41, 5.74) is 1.59. The van der Waals surface area contributed by atoms with E-state index in [0.717, 1.165) is 11.3 Å². The van der Waals surface area contributed by atoms with E-state index in [1.165, 1.54) is 24.3 Å². The number of methoxy groups -OCH3 is 1. The summed E-state index contributed by atoms with van der Waals surface area (Å²) in [5, 5.41) is 10.3. The normalized spacial score (nSPS) is 11.3. The molecule has 4 aromatic rings. The summed E-state index contributed by atoms with van der Waals surface area (Å²) >= 11 is 6.03. The van der Waals surface area contributed by atoms with E-state index in [1.54, 1.807) is 31.4 Å². The fraction of sp³-hybridized carbons (Fsp3) is 0.0476. The lowest BCUT2D eigenvalue weighted by Crippen LogP contribution is -2.07. The number of benzene rings is 2. The fourth-order valence-corrected chi connectivity index (χ4v) is 4.42. The zero-order valence-electron chi connectivity index (χ0n) is 15.8. The van der Waals surface area contributed by atoms with Crippen molar-refractivity contribution in [3.8, 4) is 17.0 Å². The van der Waals surface area contributed by atoms with Crippen LogP contribution in [0.25, 0.3) is 11.3 Å². The number of anilines is 2. The Balaban J connectivity index is 1.69. The molecule has 0 radical (unpaired) electrons. The number of rotatable bonds is 6. The van der Waals surface area contributed by atoms with Gasteiger partial charge in [0.15, 0.2) is 11.6 Å². The molecule has 30 heavy (non-hydrogen) atoms. The second-order valence-corrected chi connectivity index (χ2v) is 8.63. The first kappa shape index (κ1) is 19.9. The van der Waals surface area contributed by atoms with Crippen LogP contribution in [0.3, 0.4) is 0 Å². The monoisotopic (exact) mass is 440 g/mol. The van der Waals surface area contributed by atoms with Crippen molar-refractivity contribution >= 4 is 33.1 Å². The summed E-state index contributed by atoms with van der Waals surface area (Å²) in [7, 11) is -2.20. The summed E-state index contributed by atoms with van der Waals surface area (Å²) in [5.74, 6) is 1.20. The van der Waals surface area contributed by atoms with Crippen LogP contribution >= 0.6 is 11.6 Å². The Labute approximate surface area is 178 Å². The summed E-state index contributed by atoms with van der Waals surface area (Å²) < 4.78 is 31.4. The lowest BCUT2D eigenvalue weighted by atomic mass is 10.1. The van der Waals surface area contributed by atoms with E-state index in [-0.39, 0.29) is 20.8 Å². The van der Waals surface area contributed by atoms with Gasteiger partial charge in [0.25, 0.3) is 0 Å². The number of nitrogens with one attached hydrogen (secondary N) is 2. The average molecular weight is 441 g/mol. The Morgan fingerprint density at radius 3 is 2.57 bits per heavy atom. The van der Waals surface area contributed by atoms with E-state index < -0.39 is 9.84 Å². The van der Waals surface area contributed by atoms with E-state index in [2.05, 4.69) is 20.5 Å². The number of pyridine rings is 1. The molecule has 2 N–H and O–H groups in total. The van der Waals surface area contributed by atoms with Crippen molar-refractivity contribution in [2.45, 2.75) is 9.79 Å². The van der Waals surface area contributed by atoms with Gasteiger partial charge in [-0.3, -0.25) is 5.10 Å². The summed E-state index contributed by atoms with van der Waals surface area (Å²) in [6, 6.07) is 20.2. The SMILES string of the molecule is COc1cccc(-c2cc(Nc3nc(Cl)ccc3S(=O)(=O)c3ccccc3)n[nH]2)c1. The highest BCUT2D eigenvalue weighted by Crippen LogP contribution is 2.30. The molecule has 2 aromatic heterocycles. The third-order valence-corrected chi connectivity index (χ3v) is 6.38. The van der Waals surface area contributed by atoms with E-state index in [1.807, 2.05) is 24.3 Å². The van der Waals surface area contributed by atoms with Gasteiger partial charge in [0.1, 0.15) is 15.8 Å². The first-order valence-corrected chi connectivity index (χ1v) is 10.8. The Bertz CT molecular complexity index is 1290. The van der Waals surface area contributed by atoms with Crippen LogP contribution in [0, 0.1) is 0 Å². The minimum Gasteiger partial charge on any atom is -0.497 e. The van der Waals surface area contributed by atoms with Crippen molar-refractivity contribution in [1.29, 1.82) is 0 Å². The van der Waals surface area contributed by atoms with Crippen molar-refractivity contribution in [2.75, 3.05) is 12.4 Å². The topological polar surface area (TPSA) is 97.0 Å². The van der Waals surface area contributed by atoms with Gasteiger partial charge in [-0.25, -0.2) is 13.4 Å². The van der Waals surface area contributed by atoms with Crippen molar-refractivity contribution in [1.82, 2.24) is 15.2 Å². The second kappa shape index (κ2) is 8.17. The number of halogens is 1. The quantitative estimate of drug-likeness (QED) is 0.421. The van der Waals surface area contributed by atoms with Gasteiger partial charge in [-0.15, -0.1) is 0 Å². The number of aromatic amines is 1. The Morgan fingerprint density at radius 2 is 1.80 bits per heavy atom. The van der Waals surface area contributed by atoms with Crippen LogP contribution in [0.1, 0.15) is 0 Å². The predicted octanol–water partition coefficient (Wildman–Crippen LogP) is 4.71. The minimum atomic E-state index is -3.80. The van der Waals surface area contributed by atoms with Crippen molar-refractivity contribution < 1.29 is 13.2 Å². The van der Waals surface area contributed by atoms with Crippen LogP contribution in [0.15, 0.2) is 82.6 Å². The fourth-order valence-electron chi connectivity index (χ4n) is 2.90. The molecule has 152 valence electrons. The molecule has 0 bridgehead atoms. The molecule has 0 aliphatic carbocycles. The molecule has 0 amide bonds. The number of sulfone groups is 1. The molecule has 7 nitrogen and oxygen atoms in total. The van der Waals surface area contributed by atoms with Gasteiger partial charge in [0, 0.05) is 11.6 Å². The molecule has 0 aliphatic heterocycles. The number of ether oxygens (including phenoxy) is 1. The highest BCUT2D eigenvalue weighted by molar-refractivity contribution is 7.91. The standard InChI is InChI=1S/C21H17ClN4O3S/c1-29-15-7-5-6-14(12-15)17-13-20(26-25-17)24-21-18(10-11-19(22)23-21)30(27,28)16-8-3-2-4-9-16/h2-13H,1H3,(H2,23,24,25,26). The minimum absolute atomic E-state index is 0.00373. The maximum absolute atomic E-state index is 13.1. The Hall–Kier alpha value is -3.36. The smallest absolute Gasteiger partial charge is 0.210 e. The van der Waals surface area contributed by atoms with Gasteiger partial charge < -0.3 is 10.1 Å². The second-order valence-electron chi connectivity index (χ2n) is 6.32. The molecule has 2 aromatic carbocycles. The molecule has 0 fully saturated rings. The van der Waals surface area contributed by atoms with Gasteiger partial charge >= 0.3 is 0 Å². The highest BCUT2D eigenvalue weighted by Gasteiger charge is 2.23. The molecule has 0 unspecified atom stereocenters. The molecule has 0 atom stereocenters. The van der Waals surface area contributed by atoms with Gasteiger partial charge in [-0.2, -0.15) is 5.10 Å². The van der Waals surface area contributed by atoms with Crippen LogP contribution in [0.5, 0.6) is 5.75 Å². The first-order valence-electron chi connectivity index (χ1n) is 8.91. The number of nitrogens with zero attached hydrogens (tertiary/aromatic N) is 2. The van der Waals surface area contributed by atoms with Gasteiger partial charge in [-0.05, 0) is 36.4 Å². The molecule has 4 rings (SSSR count). The molecule has 0 spiro atoms. The Morgan fingerprint density at radius 1 is 1.00 bits per heavy atom. The summed E-state index contributed by atoms with van der Waals surface area (Å²) in [4.78, 5) is 4.34. The molecule has 9 heteroatoms. The van der Waals surface area contributed by atoms with Crippen LogP contribution in [-0.4, -0.2) is 30.7 Å². The number of H-pyrrole nitrogens is 1. The average Bonchev–Trinajstić information content (AvgIpc) is 3.23. The zero-order valence-corrected chi connectivity index (χ0v) is 17.4. The summed E-state index contributed by atoms with van der Waals surface area (Å²) in [6.07, 6.45) is 0. The van der Waals surface area contributed by atoms with E-state index in [4.69, 9.17) is 16.3 Å². The van der Waals surface area contributed by atoms with E-state index in [0.29, 0.717) is 11.6 Å². The van der Waals surface area contributed by atoms with Crippen molar-refractivity contribution in [2.24, 2.45) is 0 Å². The largest absolute Gasteiger partial charge is 0.497 e. The lowest BCUT2D eigenvalue weighted by molar-refractivity contribution is 0.415. The number of hydrogen-bond donors (Lipinski definition) is 2. The third kappa shape index (κ3) is 4.00. The third-order valence-electron chi connectivity index (χ3n) is 4.37. The highest BCUT2D eigenvalue weighted by atomic mass is 35.5. The van der Waals surface area contributed by atoms with Gasteiger partial charge in [0.2, 0.25) is 9.84 Å². The zero-order chi connectivity index (χ0) is 21.1. The predicted molar refractivity (Wildman–Crippen MR) is 115 cm³/mol. The molecule has 2 heterocycles. The van der Waals surface area contributed by atoms with E-state index >= 15 is 0 Å². The maximum Gasteiger partial charge on any atom is 0.210 e. The number of hydrogen-bond acceptors (Lipinski definition) is 6. The number of aromatic nitrogens is 3. The van der Waals surface area contributed by atoms with Gasteiger partial charge in [0.05, 0.1) is 17.7 Å². The van der Waals surface area contributed by atoms with Crippen LogP contribution < -0.4 is 10.1 Å². The van der Waals surface area contributed by atoms with E-state index in [9.17, 15) is 8.42 Å². The van der Waals surface area contributed by atoms with Gasteiger partial charge in [-0.1, -0.05) is 41.9 Å². The first-order chi connectivity index (χ1) is 14.5. The van der Waals surface area contributed by atoms with Crippen LogP contribution in [0.4, 0.5) is 11.6 Å². The van der Waals surface area contributed by atoms with Crippen molar-refractivity contribution in [3.05, 3.63) is 77.9 Å². The van der Waals surface area contributed by atoms with Crippen molar-refractivity contribution in [3.63, 3.8) is 0 Å². The molecule has 0 saturated carbocycles.